The number of imidazole rings is 1. The predicted molar refractivity (Wildman–Crippen MR) is 63.6 cm³/mol. The van der Waals surface area contributed by atoms with Crippen molar-refractivity contribution in [2.24, 2.45) is 12.5 Å². The summed E-state index contributed by atoms with van der Waals surface area (Å²) >= 11 is 0. The van der Waals surface area contributed by atoms with E-state index in [2.05, 4.69) is 10.3 Å². The van der Waals surface area contributed by atoms with Crippen molar-refractivity contribution < 1.29 is 4.79 Å². The molecule has 1 aromatic heterocycles. The minimum Gasteiger partial charge on any atom is -0.340 e. The Morgan fingerprint density at radius 2 is 2.41 bits per heavy atom. The van der Waals surface area contributed by atoms with Crippen LogP contribution in [0.15, 0.2) is 12.5 Å². The van der Waals surface area contributed by atoms with E-state index < -0.39 is 0 Å². The third-order valence-corrected chi connectivity index (χ3v) is 3.98. The molecular weight excluding hydrogens is 216 g/mol. The Bertz CT molecular complexity index is 433. The summed E-state index contributed by atoms with van der Waals surface area (Å²) in [6.07, 6.45) is 5.79. The molecule has 2 aliphatic heterocycles. The maximum atomic E-state index is 12.2. The number of carbonyl (C=O) groups is 1. The Kier molecular flexibility index (Phi) is 2.43. The first kappa shape index (κ1) is 10.8. The Balaban J connectivity index is 1.72. The average molecular weight is 234 g/mol. The molecule has 5 heteroatoms. The van der Waals surface area contributed by atoms with Crippen LogP contribution in [-0.2, 0) is 7.05 Å². The molecule has 0 radical (unpaired) electrons. The van der Waals surface area contributed by atoms with Gasteiger partial charge in [-0.15, -0.1) is 0 Å². The summed E-state index contributed by atoms with van der Waals surface area (Å²) in [5.74, 6) is 0.0781. The highest BCUT2D eigenvalue weighted by molar-refractivity contribution is 5.92. The van der Waals surface area contributed by atoms with E-state index >= 15 is 0 Å². The smallest absolute Gasteiger partial charge is 0.274 e. The van der Waals surface area contributed by atoms with Crippen LogP contribution >= 0.6 is 0 Å². The highest BCUT2D eigenvalue weighted by atomic mass is 16.2. The number of nitrogens with zero attached hydrogens (tertiary/aromatic N) is 3. The minimum atomic E-state index is 0.0781. The fraction of sp³-hybridized carbons (Fsp3) is 0.667. The number of carbonyl (C=O) groups excluding carboxylic acids is 1. The van der Waals surface area contributed by atoms with Crippen LogP contribution in [0.4, 0.5) is 0 Å². The largest absolute Gasteiger partial charge is 0.340 e. The van der Waals surface area contributed by atoms with Gasteiger partial charge in [0.05, 0.1) is 6.33 Å². The molecule has 1 aromatic rings. The Morgan fingerprint density at radius 3 is 3.06 bits per heavy atom. The van der Waals surface area contributed by atoms with Gasteiger partial charge in [0, 0.05) is 38.3 Å². The fourth-order valence-corrected chi connectivity index (χ4v) is 2.94. The third kappa shape index (κ3) is 1.84. The van der Waals surface area contributed by atoms with E-state index in [4.69, 9.17) is 0 Å². The van der Waals surface area contributed by atoms with E-state index in [1.807, 2.05) is 16.5 Å². The summed E-state index contributed by atoms with van der Waals surface area (Å²) in [5.41, 5.74) is 0.903. The Labute approximate surface area is 101 Å². The number of hydrogen-bond acceptors (Lipinski definition) is 3. The van der Waals surface area contributed by atoms with E-state index in [1.54, 1.807) is 12.5 Å². The first-order valence-corrected chi connectivity index (χ1v) is 6.17. The lowest BCUT2D eigenvalue weighted by atomic mass is 9.87. The highest BCUT2D eigenvalue weighted by Gasteiger charge is 2.42. The molecule has 1 atom stereocenters. The Morgan fingerprint density at radius 1 is 1.53 bits per heavy atom. The third-order valence-electron chi connectivity index (χ3n) is 3.98. The number of aromatic nitrogens is 2. The molecule has 3 rings (SSSR count). The molecule has 17 heavy (non-hydrogen) atoms. The van der Waals surface area contributed by atoms with Crippen LogP contribution in [0.1, 0.15) is 23.3 Å². The predicted octanol–water partition coefficient (Wildman–Crippen LogP) is 0.246. The van der Waals surface area contributed by atoms with Gasteiger partial charge in [-0.3, -0.25) is 4.79 Å². The summed E-state index contributed by atoms with van der Waals surface area (Å²) in [7, 11) is 1.89. The van der Waals surface area contributed by atoms with Gasteiger partial charge < -0.3 is 14.8 Å². The van der Waals surface area contributed by atoms with Crippen molar-refractivity contribution in [2.75, 3.05) is 26.2 Å². The van der Waals surface area contributed by atoms with Crippen molar-refractivity contribution >= 4 is 5.91 Å². The van der Waals surface area contributed by atoms with Crippen LogP contribution in [0, 0.1) is 5.41 Å². The van der Waals surface area contributed by atoms with Gasteiger partial charge in [0.1, 0.15) is 5.69 Å². The van der Waals surface area contributed by atoms with Crippen molar-refractivity contribution in [1.82, 2.24) is 19.8 Å². The van der Waals surface area contributed by atoms with Gasteiger partial charge in [-0.1, -0.05) is 0 Å². The first-order chi connectivity index (χ1) is 8.19. The lowest BCUT2D eigenvalue weighted by Gasteiger charge is -2.22. The van der Waals surface area contributed by atoms with Crippen molar-refractivity contribution in [2.45, 2.75) is 12.8 Å². The molecule has 0 aromatic carbocycles. The van der Waals surface area contributed by atoms with Crippen molar-refractivity contribution in [3.63, 3.8) is 0 Å². The van der Waals surface area contributed by atoms with Gasteiger partial charge in [-0.05, 0) is 19.4 Å². The van der Waals surface area contributed by atoms with Crippen molar-refractivity contribution in [3.8, 4) is 0 Å². The number of rotatable bonds is 1. The summed E-state index contributed by atoms with van der Waals surface area (Å²) in [6.45, 7) is 3.90. The van der Waals surface area contributed by atoms with E-state index in [0.717, 1.165) is 32.6 Å². The maximum absolute atomic E-state index is 12.2. The standard InChI is InChI=1S/C12H18N4O/c1-15-6-10(14-9-15)11(17)16-5-3-12(8-16)2-4-13-7-12/h6,9,13H,2-5,7-8H2,1H3. The molecule has 1 N–H and O–H groups in total. The molecule has 2 fully saturated rings. The van der Waals surface area contributed by atoms with Crippen LogP contribution in [0.3, 0.4) is 0 Å². The summed E-state index contributed by atoms with van der Waals surface area (Å²) in [6, 6.07) is 0. The van der Waals surface area contributed by atoms with E-state index in [-0.39, 0.29) is 5.91 Å². The molecular formula is C12H18N4O. The van der Waals surface area contributed by atoms with Crippen LogP contribution in [0.2, 0.25) is 0 Å². The zero-order valence-electron chi connectivity index (χ0n) is 10.1. The minimum absolute atomic E-state index is 0.0781. The quantitative estimate of drug-likeness (QED) is 0.757. The van der Waals surface area contributed by atoms with Crippen LogP contribution in [0.25, 0.3) is 0 Å². The molecule has 2 aliphatic rings. The molecule has 92 valence electrons. The molecule has 5 nitrogen and oxygen atoms in total. The number of nitrogens with one attached hydrogen (secondary N) is 1. The van der Waals surface area contributed by atoms with Gasteiger partial charge in [0.2, 0.25) is 0 Å². The molecule has 2 saturated heterocycles. The number of likely N-dealkylation sites (tertiary alicyclic amines) is 1. The topological polar surface area (TPSA) is 50.2 Å². The fourth-order valence-electron chi connectivity index (χ4n) is 2.94. The number of aryl methyl sites for hydroxylation is 1. The summed E-state index contributed by atoms with van der Waals surface area (Å²) in [5, 5.41) is 3.40. The normalized spacial score (nSPS) is 28.2. The molecule has 1 unspecified atom stereocenters. The first-order valence-electron chi connectivity index (χ1n) is 6.17. The molecule has 0 saturated carbocycles. The number of hydrogen-bond donors (Lipinski definition) is 1. The van der Waals surface area contributed by atoms with Gasteiger partial charge in [0.15, 0.2) is 0 Å². The summed E-state index contributed by atoms with van der Waals surface area (Å²) < 4.78 is 1.82. The maximum Gasteiger partial charge on any atom is 0.274 e. The van der Waals surface area contributed by atoms with Crippen LogP contribution in [0.5, 0.6) is 0 Å². The van der Waals surface area contributed by atoms with Gasteiger partial charge >= 0.3 is 0 Å². The second kappa shape index (κ2) is 3.84. The van der Waals surface area contributed by atoms with Crippen LogP contribution in [-0.4, -0.2) is 46.5 Å². The lowest BCUT2D eigenvalue weighted by Crippen LogP contribution is -2.33. The van der Waals surface area contributed by atoms with E-state index in [0.29, 0.717) is 11.1 Å². The highest BCUT2D eigenvalue weighted by Crippen LogP contribution is 2.36. The van der Waals surface area contributed by atoms with Crippen molar-refractivity contribution in [1.29, 1.82) is 0 Å². The zero-order chi connectivity index (χ0) is 11.9. The number of amides is 1. The van der Waals surface area contributed by atoms with Gasteiger partial charge in [0.25, 0.3) is 5.91 Å². The second-order valence-corrected chi connectivity index (χ2v) is 5.33. The van der Waals surface area contributed by atoms with E-state index in [9.17, 15) is 4.79 Å². The Hall–Kier alpha value is -1.36. The molecule has 0 aliphatic carbocycles. The summed E-state index contributed by atoms with van der Waals surface area (Å²) in [4.78, 5) is 18.3. The van der Waals surface area contributed by atoms with Crippen molar-refractivity contribution in [3.05, 3.63) is 18.2 Å². The second-order valence-electron chi connectivity index (χ2n) is 5.33. The average Bonchev–Trinajstić information content (AvgIpc) is 3.02. The SMILES string of the molecule is Cn1cnc(C(=O)N2CCC3(CCNC3)C2)c1. The molecule has 1 amide bonds. The molecule has 0 bridgehead atoms. The van der Waals surface area contributed by atoms with Gasteiger partial charge in [-0.25, -0.2) is 4.98 Å². The zero-order valence-corrected chi connectivity index (χ0v) is 10.1. The lowest BCUT2D eigenvalue weighted by molar-refractivity contribution is 0.0770. The van der Waals surface area contributed by atoms with E-state index in [1.165, 1.54) is 6.42 Å². The monoisotopic (exact) mass is 234 g/mol. The van der Waals surface area contributed by atoms with Crippen LogP contribution < -0.4 is 5.32 Å². The molecule has 3 heterocycles. The molecule has 1 spiro atoms. The van der Waals surface area contributed by atoms with Gasteiger partial charge in [-0.2, -0.15) is 0 Å².